The summed E-state index contributed by atoms with van der Waals surface area (Å²) in [6.07, 6.45) is 0.137. The van der Waals surface area contributed by atoms with Gasteiger partial charge in [0.2, 0.25) is 10.0 Å². The van der Waals surface area contributed by atoms with Gasteiger partial charge in [-0.05, 0) is 24.3 Å². The molecule has 1 rings (SSSR count). The maximum absolute atomic E-state index is 12.4. The quantitative estimate of drug-likeness (QED) is 0.747. The van der Waals surface area contributed by atoms with E-state index < -0.39 is 10.0 Å². The normalized spacial score (nSPS) is 11.4. The van der Waals surface area contributed by atoms with Crippen molar-refractivity contribution >= 4 is 15.7 Å². The van der Waals surface area contributed by atoms with Crippen LogP contribution in [-0.2, 0) is 14.8 Å². The molecule has 0 saturated heterocycles. The van der Waals surface area contributed by atoms with Crippen molar-refractivity contribution in [2.24, 2.45) is 0 Å². The lowest BCUT2D eigenvalue weighted by molar-refractivity contribution is 0.179. The molecule has 0 saturated carbocycles. The number of nitriles is 1. The number of nitrogens with zero attached hydrogens (tertiary/aromatic N) is 2. The molecule has 7 heteroatoms. The van der Waals surface area contributed by atoms with Crippen LogP contribution in [0.2, 0.25) is 0 Å². The van der Waals surface area contributed by atoms with Gasteiger partial charge in [0.25, 0.3) is 0 Å². The van der Waals surface area contributed by atoms with Crippen molar-refractivity contribution < 1.29 is 13.2 Å². The van der Waals surface area contributed by atoms with Gasteiger partial charge in [-0.25, -0.2) is 8.42 Å². The van der Waals surface area contributed by atoms with E-state index in [0.29, 0.717) is 5.69 Å². The van der Waals surface area contributed by atoms with E-state index in [9.17, 15) is 8.42 Å². The number of ether oxygens (including phenoxy) is 1. The highest BCUT2D eigenvalue weighted by molar-refractivity contribution is 7.89. The van der Waals surface area contributed by atoms with Gasteiger partial charge in [-0.15, -0.1) is 0 Å². The summed E-state index contributed by atoms with van der Waals surface area (Å²) >= 11 is 0. The Balaban J connectivity index is 2.97. The fourth-order valence-electron chi connectivity index (χ4n) is 1.51. The Hall–Kier alpha value is -1.62. The van der Waals surface area contributed by atoms with Crippen molar-refractivity contribution in [3.05, 3.63) is 24.3 Å². The molecule has 0 aliphatic heterocycles. The molecule has 0 atom stereocenters. The molecule has 1 aromatic rings. The van der Waals surface area contributed by atoms with Crippen molar-refractivity contribution in [3.8, 4) is 6.07 Å². The summed E-state index contributed by atoms with van der Waals surface area (Å²) in [5, 5.41) is 8.59. The van der Waals surface area contributed by atoms with Gasteiger partial charge in [0, 0.05) is 32.3 Å². The Labute approximate surface area is 113 Å². The first-order chi connectivity index (χ1) is 9.02. The third-order valence-electron chi connectivity index (χ3n) is 2.54. The molecule has 0 unspecified atom stereocenters. The molecule has 1 aromatic carbocycles. The van der Waals surface area contributed by atoms with Crippen molar-refractivity contribution in [2.45, 2.75) is 11.3 Å². The van der Waals surface area contributed by atoms with Crippen LogP contribution in [0, 0.1) is 11.3 Å². The average Bonchev–Trinajstić information content (AvgIpc) is 2.39. The number of rotatable bonds is 7. The lowest BCUT2D eigenvalue weighted by Crippen LogP contribution is -2.34. The number of methoxy groups -OCH3 is 1. The lowest BCUT2D eigenvalue weighted by atomic mass is 10.3. The minimum Gasteiger partial charge on any atom is -0.399 e. The van der Waals surface area contributed by atoms with Crippen LogP contribution in [0.15, 0.2) is 29.2 Å². The van der Waals surface area contributed by atoms with Gasteiger partial charge >= 0.3 is 0 Å². The Morgan fingerprint density at radius 2 is 1.95 bits per heavy atom. The highest BCUT2D eigenvalue weighted by Gasteiger charge is 2.23. The molecule has 104 valence electrons. The summed E-state index contributed by atoms with van der Waals surface area (Å²) in [6, 6.07) is 7.92. The van der Waals surface area contributed by atoms with Crippen LogP contribution in [0.5, 0.6) is 0 Å². The SMILES string of the molecule is COCCN(CCC#N)S(=O)(=O)c1ccc(N)cc1. The Morgan fingerprint density at radius 3 is 2.47 bits per heavy atom. The van der Waals surface area contributed by atoms with Gasteiger partial charge in [-0.1, -0.05) is 0 Å². The smallest absolute Gasteiger partial charge is 0.243 e. The van der Waals surface area contributed by atoms with E-state index in [1.165, 1.54) is 35.7 Å². The van der Waals surface area contributed by atoms with Gasteiger partial charge in [-0.3, -0.25) is 0 Å². The Bertz CT molecular complexity index is 534. The van der Waals surface area contributed by atoms with E-state index in [2.05, 4.69) is 0 Å². The summed E-state index contributed by atoms with van der Waals surface area (Å²) < 4.78 is 30.9. The predicted octanol–water partition coefficient (Wildman–Crippen LogP) is 0.820. The fourth-order valence-corrected chi connectivity index (χ4v) is 2.93. The lowest BCUT2D eigenvalue weighted by Gasteiger charge is -2.20. The van der Waals surface area contributed by atoms with E-state index in [4.69, 9.17) is 15.7 Å². The Kier molecular flexibility index (Phi) is 5.76. The first kappa shape index (κ1) is 15.4. The van der Waals surface area contributed by atoms with Crippen LogP contribution in [0.4, 0.5) is 5.69 Å². The molecule has 0 aromatic heterocycles. The van der Waals surface area contributed by atoms with Gasteiger partial charge < -0.3 is 10.5 Å². The maximum Gasteiger partial charge on any atom is 0.243 e. The number of sulfonamides is 1. The molecular formula is C12H17N3O3S. The molecule has 0 spiro atoms. The van der Waals surface area contributed by atoms with E-state index in [1.807, 2.05) is 6.07 Å². The molecule has 6 nitrogen and oxygen atoms in total. The van der Waals surface area contributed by atoms with Crippen molar-refractivity contribution in [3.63, 3.8) is 0 Å². The second-order valence-corrected chi connectivity index (χ2v) is 5.81. The zero-order valence-electron chi connectivity index (χ0n) is 10.7. The highest BCUT2D eigenvalue weighted by Crippen LogP contribution is 2.17. The van der Waals surface area contributed by atoms with Gasteiger partial charge in [0.15, 0.2) is 0 Å². The topological polar surface area (TPSA) is 96.4 Å². The van der Waals surface area contributed by atoms with Crippen molar-refractivity contribution in [1.82, 2.24) is 4.31 Å². The van der Waals surface area contributed by atoms with E-state index >= 15 is 0 Å². The number of anilines is 1. The molecular weight excluding hydrogens is 266 g/mol. The minimum atomic E-state index is -3.62. The standard InChI is InChI=1S/C12H17N3O3S/c1-18-10-9-15(8-2-7-13)19(16,17)12-5-3-11(14)4-6-12/h3-6H,2,8-10,14H2,1H3. The first-order valence-electron chi connectivity index (χ1n) is 5.74. The summed E-state index contributed by atoms with van der Waals surface area (Å²) in [5.41, 5.74) is 6.03. The zero-order valence-corrected chi connectivity index (χ0v) is 11.6. The van der Waals surface area contributed by atoms with Crippen LogP contribution >= 0.6 is 0 Å². The average molecular weight is 283 g/mol. The van der Waals surface area contributed by atoms with E-state index in [-0.39, 0.29) is 31.0 Å². The number of hydrogen-bond acceptors (Lipinski definition) is 5. The third-order valence-corrected chi connectivity index (χ3v) is 4.45. The van der Waals surface area contributed by atoms with Crippen molar-refractivity contribution in [1.29, 1.82) is 5.26 Å². The molecule has 0 aliphatic carbocycles. The maximum atomic E-state index is 12.4. The Morgan fingerprint density at radius 1 is 1.32 bits per heavy atom. The van der Waals surface area contributed by atoms with Crippen LogP contribution in [0.1, 0.15) is 6.42 Å². The van der Waals surface area contributed by atoms with Crippen LogP contribution in [-0.4, -0.2) is 39.5 Å². The van der Waals surface area contributed by atoms with Gasteiger partial charge in [-0.2, -0.15) is 9.57 Å². The van der Waals surface area contributed by atoms with Crippen molar-refractivity contribution in [2.75, 3.05) is 32.5 Å². The zero-order chi connectivity index (χ0) is 14.3. The predicted molar refractivity (Wildman–Crippen MR) is 71.7 cm³/mol. The summed E-state index contributed by atoms with van der Waals surface area (Å²) in [6.45, 7) is 0.636. The largest absolute Gasteiger partial charge is 0.399 e. The third kappa shape index (κ3) is 4.21. The molecule has 0 fully saturated rings. The number of benzene rings is 1. The fraction of sp³-hybridized carbons (Fsp3) is 0.417. The number of hydrogen-bond donors (Lipinski definition) is 1. The van der Waals surface area contributed by atoms with E-state index in [0.717, 1.165) is 0 Å². The van der Waals surface area contributed by atoms with Crippen LogP contribution < -0.4 is 5.73 Å². The number of nitrogen functional groups attached to an aromatic ring is 1. The molecule has 0 bridgehead atoms. The second kappa shape index (κ2) is 7.09. The van der Waals surface area contributed by atoms with Gasteiger partial charge in [0.05, 0.1) is 17.6 Å². The monoisotopic (exact) mass is 283 g/mol. The minimum absolute atomic E-state index is 0.137. The molecule has 0 heterocycles. The summed E-state index contributed by atoms with van der Waals surface area (Å²) in [5.74, 6) is 0. The summed E-state index contributed by atoms with van der Waals surface area (Å²) in [4.78, 5) is 0.163. The molecule has 2 N–H and O–H groups in total. The molecule has 0 radical (unpaired) electrons. The summed E-state index contributed by atoms with van der Waals surface area (Å²) in [7, 11) is -2.12. The first-order valence-corrected chi connectivity index (χ1v) is 7.18. The van der Waals surface area contributed by atoms with Crippen LogP contribution in [0.25, 0.3) is 0 Å². The van der Waals surface area contributed by atoms with Crippen LogP contribution in [0.3, 0.4) is 0 Å². The highest BCUT2D eigenvalue weighted by atomic mass is 32.2. The molecule has 0 amide bonds. The van der Waals surface area contributed by atoms with E-state index in [1.54, 1.807) is 0 Å². The number of nitrogens with two attached hydrogens (primary N) is 1. The molecule has 0 aliphatic rings. The second-order valence-electron chi connectivity index (χ2n) is 3.87. The molecule has 19 heavy (non-hydrogen) atoms. The van der Waals surface area contributed by atoms with Gasteiger partial charge in [0.1, 0.15) is 0 Å².